The standard InChI is InChI=1S/C20H29FN2O/c1-3-22(14-17-7-9-18(21)10-8-17)19-13-20(11-5-4-6-12-20)23(15-19)16(2)24/h7-10,19H,3-6,11-15H2,1-2H3/t19-/m0/s1. The Morgan fingerprint density at radius 2 is 1.92 bits per heavy atom. The molecule has 0 N–H and O–H groups in total. The molecule has 2 fully saturated rings. The highest BCUT2D eigenvalue weighted by atomic mass is 19.1. The second-order valence-electron chi connectivity index (χ2n) is 7.46. The minimum Gasteiger partial charge on any atom is -0.336 e. The van der Waals surface area contributed by atoms with Gasteiger partial charge in [-0.05, 0) is 43.5 Å². The van der Waals surface area contributed by atoms with Gasteiger partial charge in [-0.1, -0.05) is 38.3 Å². The highest BCUT2D eigenvalue weighted by Crippen LogP contribution is 2.43. The van der Waals surface area contributed by atoms with Crippen LogP contribution >= 0.6 is 0 Å². The Morgan fingerprint density at radius 3 is 2.50 bits per heavy atom. The number of halogens is 1. The second kappa shape index (κ2) is 7.22. The molecule has 1 aliphatic carbocycles. The number of likely N-dealkylation sites (N-methyl/N-ethyl adjacent to an activating group) is 1. The van der Waals surface area contributed by atoms with Gasteiger partial charge in [-0.25, -0.2) is 4.39 Å². The topological polar surface area (TPSA) is 23.6 Å². The van der Waals surface area contributed by atoms with Gasteiger partial charge in [-0.3, -0.25) is 9.69 Å². The molecule has 132 valence electrons. The van der Waals surface area contributed by atoms with Gasteiger partial charge in [0.05, 0.1) is 0 Å². The summed E-state index contributed by atoms with van der Waals surface area (Å²) < 4.78 is 13.1. The van der Waals surface area contributed by atoms with Crippen LogP contribution < -0.4 is 0 Å². The maximum atomic E-state index is 13.1. The summed E-state index contributed by atoms with van der Waals surface area (Å²) in [5, 5.41) is 0. The third-order valence-corrected chi connectivity index (χ3v) is 5.97. The first kappa shape index (κ1) is 17.4. The summed E-state index contributed by atoms with van der Waals surface area (Å²) >= 11 is 0. The number of carbonyl (C=O) groups is 1. The van der Waals surface area contributed by atoms with Crippen molar-refractivity contribution in [3.8, 4) is 0 Å². The lowest BCUT2D eigenvalue weighted by Crippen LogP contribution is -2.47. The van der Waals surface area contributed by atoms with Crippen molar-refractivity contribution < 1.29 is 9.18 Å². The number of carbonyl (C=O) groups excluding carboxylic acids is 1. The predicted octanol–water partition coefficient (Wildman–Crippen LogP) is 3.97. The molecule has 1 atom stereocenters. The molecule has 1 aliphatic heterocycles. The van der Waals surface area contributed by atoms with Crippen molar-refractivity contribution >= 4 is 5.91 Å². The van der Waals surface area contributed by atoms with Crippen LogP contribution in [-0.4, -0.2) is 40.4 Å². The van der Waals surface area contributed by atoms with E-state index in [0.29, 0.717) is 6.04 Å². The molecule has 3 nitrogen and oxygen atoms in total. The van der Waals surface area contributed by atoms with Crippen molar-refractivity contribution in [2.24, 2.45) is 0 Å². The predicted molar refractivity (Wildman–Crippen MR) is 94.1 cm³/mol. The molecule has 1 spiro atoms. The molecule has 1 amide bonds. The number of nitrogens with zero attached hydrogens (tertiary/aromatic N) is 2. The number of likely N-dealkylation sites (tertiary alicyclic amines) is 1. The van der Waals surface area contributed by atoms with Crippen molar-refractivity contribution in [3.05, 3.63) is 35.6 Å². The van der Waals surface area contributed by atoms with Crippen LogP contribution in [-0.2, 0) is 11.3 Å². The maximum Gasteiger partial charge on any atom is 0.219 e. The molecule has 1 aromatic rings. The van der Waals surface area contributed by atoms with Crippen molar-refractivity contribution in [1.82, 2.24) is 9.80 Å². The second-order valence-corrected chi connectivity index (χ2v) is 7.46. The van der Waals surface area contributed by atoms with Gasteiger partial charge in [0, 0.05) is 31.6 Å². The number of hydrogen-bond acceptors (Lipinski definition) is 2. The van der Waals surface area contributed by atoms with E-state index in [2.05, 4.69) is 16.7 Å². The fourth-order valence-corrected chi connectivity index (χ4v) is 4.73. The van der Waals surface area contributed by atoms with E-state index in [0.717, 1.165) is 44.5 Å². The highest BCUT2D eigenvalue weighted by molar-refractivity contribution is 5.74. The van der Waals surface area contributed by atoms with Gasteiger partial charge >= 0.3 is 0 Å². The molecule has 4 heteroatoms. The van der Waals surface area contributed by atoms with Crippen LogP contribution in [0.1, 0.15) is 57.9 Å². The van der Waals surface area contributed by atoms with Crippen LogP contribution in [0.2, 0.25) is 0 Å². The molecular weight excluding hydrogens is 303 g/mol. The summed E-state index contributed by atoms with van der Waals surface area (Å²) in [7, 11) is 0. The minimum absolute atomic E-state index is 0.0883. The molecule has 0 radical (unpaired) electrons. The summed E-state index contributed by atoms with van der Waals surface area (Å²) in [6.07, 6.45) is 7.16. The third kappa shape index (κ3) is 3.49. The summed E-state index contributed by atoms with van der Waals surface area (Å²) in [6.45, 7) is 6.50. The van der Waals surface area contributed by atoms with E-state index in [1.807, 2.05) is 12.1 Å². The molecule has 1 heterocycles. The van der Waals surface area contributed by atoms with Crippen LogP contribution in [0.5, 0.6) is 0 Å². The minimum atomic E-state index is -0.188. The van der Waals surface area contributed by atoms with E-state index in [-0.39, 0.29) is 17.3 Å². The molecule has 0 bridgehead atoms. The first-order valence-corrected chi connectivity index (χ1v) is 9.31. The van der Waals surface area contributed by atoms with Crippen LogP contribution in [0.3, 0.4) is 0 Å². The zero-order valence-electron chi connectivity index (χ0n) is 14.9. The number of hydrogen-bond donors (Lipinski definition) is 0. The molecule has 2 aliphatic rings. The number of benzene rings is 1. The maximum absolute atomic E-state index is 13.1. The molecule has 24 heavy (non-hydrogen) atoms. The zero-order chi connectivity index (χ0) is 17.2. The van der Waals surface area contributed by atoms with E-state index in [1.54, 1.807) is 6.92 Å². The normalized spacial score (nSPS) is 23.2. The summed E-state index contributed by atoms with van der Waals surface area (Å²) in [5.41, 5.74) is 1.22. The Morgan fingerprint density at radius 1 is 1.25 bits per heavy atom. The molecule has 1 saturated heterocycles. The van der Waals surface area contributed by atoms with Crippen molar-refractivity contribution in [2.45, 2.75) is 70.5 Å². The quantitative estimate of drug-likeness (QED) is 0.833. The Bertz CT molecular complexity index is 566. The largest absolute Gasteiger partial charge is 0.336 e. The molecule has 1 saturated carbocycles. The van der Waals surface area contributed by atoms with E-state index in [9.17, 15) is 9.18 Å². The van der Waals surface area contributed by atoms with E-state index in [4.69, 9.17) is 0 Å². The summed E-state index contributed by atoms with van der Waals surface area (Å²) in [5.74, 6) is 0.0313. The Hall–Kier alpha value is -1.42. The smallest absolute Gasteiger partial charge is 0.219 e. The first-order chi connectivity index (χ1) is 11.5. The molecule has 0 aromatic heterocycles. The molecule has 0 unspecified atom stereocenters. The monoisotopic (exact) mass is 332 g/mol. The highest BCUT2D eigenvalue weighted by Gasteiger charge is 2.48. The fourth-order valence-electron chi connectivity index (χ4n) is 4.73. The van der Waals surface area contributed by atoms with Gasteiger partial charge in [-0.15, -0.1) is 0 Å². The molecular formula is C20H29FN2O. The van der Waals surface area contributed by atoms with Crippen molar-refractivity contribution in [3.63, 3.8) is 0 Å². The van der Waals surface area contributed by atoms with E-state index in [1.165, 1.54) is 31.4 Å². The summed E-state index contributed by atoms with van der Waals surface area (Å²) in [4.78, 5) is 16.8. The van der Waals surface area contributed by atoms with Crippen LogP contribution in [0, 0.1) is 5.82 Å². The zero-order valence-corrected chi connectivity index (χ0v) is 14.9. The van der Waals surface area contributed by atoms with Crippen molar-refractivity contribution in [1.29, 1.82) is 0 Å². The van der Waals surface area contributed by atoms with Crippen LogP contribution in [0.25, 0.3) is 0 Å². The number of amides is 1. The lowest BCUT2D eigenvalue weighted by atomic mass is 9.79. The van der Waals surface area contributed by atoms with Gasteiger partial charge in [0.25, 0.3) is 0 Å². The first-order valence-electron chi connectivity index (χ1n) is 9.31. The van der Waals surface area contributed by atoms with E-state index >= 15 is 0 Å². The van der Waals surface area contributed by atoms with Gasteiger partial charge in [0.1, 0.15) is 5.82 Å². The molecule has 1 aromatic carbocycles. The Labute approximate surface area is 144 Å². The van der Waals surface area contributed by atoms with Crippen LogP contribution in [0.15, 0.2) is 24.3 Å². The van der Waals surface area contributed by atoms with Crippen molar-refractivity contribution in [2.75, 3.05) is 13.1 Å². The average Bonchev–Trinajstić information content (AvgIpc) is 2.94. The third-order valence-electron chi connectivity index (χ3n) is 5.97. The lowest BCUT2D eigenvalue weighted by Gasteiger charge is -2.41. The van der Waals surface area contributed by atoms with Crippen LogP contribution in [0.4, 0.5) is 4.39 Å². The van der Waals surface area contributed by atoms with Gasteiger partial charge in [-0.2, -0.15) is 0 Å². The Balaban J connectivity index is 1.74. The average molecular weight is 332 g/mol. The lowest BCUT2D eigenvalue weighted by molar-refractivity contribution is -0.134. The van der Waals surface area contributed by atoms with Gasteiger partial charge < -0.3 is 4.90 Å². The van der Waals surface area contributed by atoms with Gasteiger partial charge in [0.2, 0.25) is 5.91 Å². The molecule has 3 rings (SSSR count). The summed E-state index contributed by atoms with van der Waals surface area (Å²) in [6, 6.07) is 7.20. The SMILES string of the molecule is CCN(Cc1ccc(F)cc1)[C@@H]1CN(C(C)=O)C2(CCCCC2)C1. The Kier molecular flexibility index (Phi) is 5.24. The van der Waals surface area contributed by atoms with E-state index < -0.39 is 0 Å². The number of rotatable bonds is 4. The fraction of sp³-hybridized carbons (Fsp3) is 0.650. The van der Waals surface area contributed by atoms with Gasteiger partial charge in [0.15, 0.2) is 0 Å².